The van der Waals surface area contributed by atoms with E-state index in [1.165, 1.54) is 11.8 Å². The van der Waals surface area contributed by atoms with E-state index in [1.807, 2.05) is 0 Å². The summed E-state index contributed by atoms with van der Waals surface area (Å²) >= 11 is 0. The lowest BCUT2D eigenvalue weighted by molar-refractivity contribution is -0.145. The molecule has 0 unspecified atom stereocenters. The molecule has 0 aromatic carbocycles. The summed E-state index contributed by atoms with van der Waals surface area (Å²) in [6, 6.07) is -0.402. The first-order valence-electron chi connectivity index (χ1n) is 7.03. The van der Waals surface area contributed by atoms with E-state index in [1.54, 1.807) is 0 Å². The number of likely N-dealkylation sites (tertiary alicyclic amines) is 1. The Labute approximate surface area is 126 Å². The lowest BCUT2D eigenvalue weighted by Crippen LogP contribution is -2.46. The molecule has 7 nitrogen and oxygen atoms in total. The molecule has 0 radical (unpaired) electrons. The number of hydrogen-bond donors (Lipinski definition) is 0. The van der Waals surface area contributed by atoms with Crippen LogP contribution in [0.25, 0.3) is 10.4 Å². The van der Waals surface area contributed by atoms with Gasteiger partial charge in [-0.15, -0.1) is 0 Å². The van der Waals surface area contributed by atoms with Gasteiger partial charge in [-0.2, -0.15) is 0 Å². The van der Waals surface area contributed by atoms with Crippen LogP contribution in [-0.2, 0) is 14.0 Å². The molecule has 0 aromatic heterocycles. The number of carbonyl (C=O) groups excluding carboxylic acids is 2. The fraction of sp³-hybridized carbons (Fsp3) is 0.846. The second-order valence-corrected chi connectivity index (χ2v) is 11.7. The first-order chi connectivity index (χ1) is 9.51. The second-order valence-electron chi connectivity index (χ2n) is 6.90. The van der Waals surface area contributed by atoms with Crippen molar-refractivity contribution in [2.75, 3.05) is 6.54 Å². The van der Waals surface area contributed by atoms with E-state index in [-0.39, 0.29) is 23.4 Å². The van der Waals surface area contributed by atoms with E-state index in [0.29, 0.717) is 6.42 Å². The predicted molar refractivity (Wildman–Crippen MR) is 82.0 cm³/mol. The molecule has 2 atom stereocenters. The summed E-state index contributed by atoms with van der Waals surface area (Å²) in [7, 11) is -2.10. The number of amides is 2. The summed E-state index contributed by atoms with van der Waals surface area (Å²) in [4.78, 5) is 27.9. The van der Waals surface area contributed by atoms with Gasteiger partial charge in [-0.05, 0) is 23.7 Å². The smallest absolute Gasteiger partial charge is 0.257 e. The molecule has 21 heavy (non-hydrogen) atoms. The first-order valence-corrected chi connectivity index (χ1v) is 9.94. The van der Waals surface area contributed by atoms with Crippen LogP contribution in [0.1, 0.15) is 34.1 Å². The van der Waals surface area contributed by atoms with Gasteiger partial charge in [0.1, 0.15) is 6.10 Å². The number of hydrogen-bond acceptors (Lipinski definition) is 4. The highest BCUT2D eigenvalue weighted by molar-refractivity contribution is 6.74. The summed E-state index contributed by atoms with van der Waals surface area (Å²) in [5.74, 6) is -0.648. The average molecular weight is 312 g/mol. The Morgan fingerprint density at radius 1 is 1.52 bits per heavy atom. The molecule has 2 amide bonds. The molecule has 8 heteroatoms. The van der Waals surface area contributed by atoms with Gasteiger partial charge in [0.25, 0.3) is 5.91 Å². The Kier molecular flexibility index (Phi) is 5.19. The average Bonchev–Trinajstić information content (AvgIpc) is 2.61. The Morgan fingerprint density at radius 2 is 2.10 bits per heavy atom. The van der Waals surface area contributed by atoms with Crippen molar-refractivity contribution in [3.63, 3.8) is 0 Å². The minimum atomic E-state index is -2.10. The third kappa shape index (κ3) is 3.84. The molecule has 0 aromatic rings. The normalized spacial score (nSPS) is 23.1. The number of rotatable bonds is 4. The fourth-order valence-electron chi connectivity index (χ4n) is 2.12. The van der Waals surface area contributed by atoms with E-state index in [4.69, 9.17) is 9.96 Å². The lowest BCUT2D eigenvalue weighted by Gasteiger charge is -2.37. The number of nitrogens with zero attached hydrogens (tertiary/aromatic N) is 4. The molecule has 1 saturated heterocycles. The minimum absolute atomic E-state index is 0.0166. The Bertz CT molecular complexity index is 480. The van der Waals surface area contributed by atoms with Crippen molar-refractivity contribution in [2.24, 2.45) is 5.11 Å². The van der Waals surface area contributed by atoms with Gasteiger partial charge in [0.2, 0.25) is 5.91 Å². The van der Waals surface area contributed by atoms with Crippen LogP contribution in [0.5, 0.6) is 0 Å². The predicted octanol–water partition coefficient (Wildman–Crippen LogP) is 2.83. The van der Waals surface area contributed by atoms with Crippen LogP contribution in [0.2, 0.25) is 18.1 Å². The van der Waals surface area contributed by atoms with Gasteiger partial charge >= 0.3 is 0 Å². The summed E-state index contributed by atoms with van der Waals surface area (Å²) < 4.78 is 6.13. The number of azide groups is 1. The van der Waals surface area contributed by atoms with Gasteiger partial charge in [-0.1, -0.05) is 25.9 Å². The van der Waals surface area contributed by atoms with Crippen molar-refractivity contribution in [3.05, 3.63) is 10.4 Å². The molecule has 0 saturated carbocycles. The molecule has 0 N–H and O–H groups in total. The third-order valence-corrected chi connectivity index (χ3v) is 8.79. The van der Waals surface area contributed by atoms with Crippen LogP contribution in [0.4, 0.5) is 0 Å². The van der Waals surface area contributed by atoms with Crippen LogP contribution in [0.3, 0.4) is 0 Å². The van der Waals surface area contributed by atoms with Crippen molar-refractivity contribution >= 4 is 20.1 Å². The zero-order chi connectivity index (χ0) is 16.4. The highest BCUT2D eigenvalue weighted by atomic mass is 28.4. The van der Waals surface area contributed by atoms with Gasteiger partial charge in [-0.25, -0.2) is 0 Å². The van der Waals surface area contributed by atoms with E-state index in [0.717, 1.165) is 0 Å². The second kappa shape index (κ2) is 6.17. The van der Waals surface area contributed by atoms with Crippen molar-refractivity contribution in [1.82, 2.24) is 4.90 Å². The Morgan fingerprint density at radius 3 is 2.52 bits per heavy atom. The van der Waals surface area contributed by atoms with Gasteiger partial charge in [0.05, 0.1) is 0 Å². The molecule has 1 fully saturated rings. The van der Waals surface area contributed by atoms with Crippen LogP contribution in [-0.4, -0.2) is 43.7 Å². The molecule has 1 rings (SSSR count). The summed E-state index contributed by atoms with van der Waals surface area (Å²) in [5.41, 5.74) is 8.42. The minimum Gasteiger partial charge on any atom is -0.405 e. The maximum atomic E-state index is 12.4. The van der Waals surface area contributed by atoms with Crippen LogP contribution in [0, 0.1) is 0 Å². The van der Waals surface area contributed by atoms with Crippen LogP contribution in [0.15, 0.2) is 5.11 Å². The number of carbonyl (C=O) groups is 2. The third-order valence-electron chi connectivity index (χ3n) is 4.30. The van der Waals surface area contributed by atoms with E-state index in [2.05, 4.69) is 43.9 Å². The zero-order valence-electron chi connectivity index (χ0n) is 13.6. The fourth-order valence-corrected chi connectivity index (χ4v) is 3.38. The van der Waals surface area contributed by atoms with Gasteiger partial charge < -0.3 is 4.43 Å². The maximum Gasteiger partial charge on any atom is 0.257 e. The molecular weight excluding hydrogens is 288 g/mol. The van der Waals surface area contributed by atoms with Gasteiger partial charge in [0, 0.05) is 30.8 Å². The van der Waals surface area contributed by atoms with Crippen molar-refractivity contribution in [1.29, 1.82) is 0 Å². The molecular formula is C13H24N4O3Si. The molecule has 1 aliphatic rings. The van der Waals surface area contributed by atoms with Crippen LogP contribution < -0.4 is 0 Å². The maximum absolute atomic E-state index is 12.4. The van der Waals surface area contributed by atoms with Crippen molar-refractivity contribution < 1.29 is 14.0 Å². The standard InChI is InChI=1S/C13H24N4O3Si/c1-9(18)17-10(8-15-16-14)7-11(12(17)19)20-21(5,6)13(2,3)4/h10-11H,7-8H2,1-6H3/t10-,11+/m0/s1. The number of imide groups is 1. The molecule has 0 aliphatic carbocycles. The Balaban J connectivity index is 2.94. The first kappa shape index (κ1) is 17.7. The highest BCUT2D eigenvalue weighted by Gasteiger charge is 2.47. The summed E-state index contributed by atoms with van der Waals surface area (Å²) in [6.45, 7) is 11.9. The Hall–Kier alpha value is -1.37. The molecule has 0 spiro atoms. The summed E-state index contributed by atoms with van der Waals surface area (Å²) in [5, 5.41) is 3.47. The van der Waals surface area contributed by atoms with Crippen molar-refractivity contribution in [2.45, 2.75) is 64.4 Å². The van der Waals surface area contributed by atoms with E-state index >= 15 is 0 Å². The van der Waals surface area contributed by atoms with Crippen molar-refractivity contribution in [3.8, 4) is 0 Å². The molecule has 0 bridgehead atoms. The van der Waals surface area contributed by atoms with Gasteiger partial charge in [0.15, 0.2) is 8.32 Å². The topological polar surface area (TPSA) is 95.4 Å². The quantitative estimate of drug-likeness (QED) is 0.345. The van der Waals surface area contributed by atoms with E-state index in [9.17, 15) is 9.59 Å². The SMILES string of the molecule is CC(=O)N1C(=O)[C@H](O[Si](C)(C)C(C)(C)C)C[C@H]1CN=[N+]=[N-]. The monoisotopic (exact) mass is 312 g/mol. The largest absolute Gasteiger partial charge is 0.405 e. The van der Waals surface area contributed by atoms with Crippen LogP contribution >= 0.6 is 0 Å². The van der Waals surface area contributed by atoms with Gasteiger partial charge in [-0.3, -0.25) is 14.5 Å². The lowest BCUT2D eigenvalue weighted by atomic mass is 10.2. The zero-order valence-corrected chi connectivity index (χ0v) is 14.6. The molecule has 118 valence electrons. The molecule has 1 heterocycles. The van der Waals surface area contributed by atoms with E-state index < -0.39 is 20.5 Å². The summed E-state index contributed by atoms with van der Waals surface area (Å²) in [6.07, 6.45) is -0.224. The molecule has 1 aliphatic heterocycles. The highest BCUT2D eigenvalue weighted by Crippen LogP contribution is 2.39.